The minimum absolute atomic E-state index is 0.246. The third-order valence-corrected chi connectivity index (χ3v) is 2.51. The predicted molar refractivity (Wildman–Crippen MR) is 59.0 cm³/mol. The number of amides is 1. The van der Waals surface area contributed by atoms with Crippen molar-refractivity contribution in [3.63, 3.8) is 0 Å². The number of likely N-dealkylation sites (N-methyl/N-ethyl adjacent to an activating group) is 2. The van der Waals surface area contributed by atoms with E-state index in [1.165, 1.54) is 0 Å². The van der Waals surface area contributed by atoms with Gasteiger partial charge in [-0.05, 0) is 20.0 Å². The lowest BCUT2D eigenvalue weighted by atomic mass is 10.1. The standard InChI is InChI=1S/C10H23N3O/c1-5-8(2)6-13(4)7-9(12-3)10(11)14/h8-9,12H,5-7H2,1-4H3,(H2,11,14). The van der Waals surface area contributed by atoms with Crippen LogP contribution in [0.4, 0.5) is 0 Å². The van der Waals surface area contributed by atoms with E-state index in [1.54, 1.807) is 7.05 Å². The van der Waals surface area contributed by atoms with Crippen molar-refractivity contribution in [2.75, 3.05) is 27.2 Å². The average Bonchev–Trinajstić information content (AvgIpc) is 2.13. The van der Waals surface area contributed by atoms with E-state index < -0.39 is 0 Å². The van der Waals surface area contributed by atoms with E-state index in [0.717, 1.165) is 13.0 Å². The first-order valence-corrected chi connectivity index (χ1v) is 5.16. The van der Waals surface area contributed by atoms with Crippen LogP contribution < -0.4 is 11.1 Å². The number of rotatable bonds is 7. The van der Waals surface area contributed by atoms with Crippen molar-refractivity contribution in [2.24, 2.45) is 11.7 Å². The maximum absolute atomic E-state index is 11.0. The zero-order valence-corrected chi connectivity index (χ0v) is 9.71. The molecule has 0 saturated heterocycles. The lowest BCUT2D eigenvalue weighted by Crippen LogP contribution is -2.47. The Kier molecular flexibility index (Phi) is 6.49. The Balaban J connectivity index is 3.90. The van der Waals surface area contributed by atoms with Crippen LogP contribution in [0, 0.1) is 5.92 Å². The molecule has 0 aromatic carbocycles. The highest BCUT2D eigenvalue weighted by Crippen LogP contribution is 2.02. The molecule has 0 aliphatic heterocycles. The molecule has 0 aliphatic carbocycles. The molecule has 0 rings (SSSR count). The van der Waals surface area contributed by atoms with E-state index in [2.05, 4.69) is 24.1 Å². The number of carbonyl (C=O) groups excluding carboxylic acids is 1. The minimum atomic E-state index is -0.288. The van der Waals surface area contributed by atoms with Gasteiger partial charge in [-0.1, -0.05) is 20.3 Å². The molecule has 0 fully saturated rings. The van der Waals surface area contributed by atoms with Crippen LogP contribution in [0.25, 0.3) is 0 Å². The molecule has 84 valence electrons. The molecule has 0 aromatic heterocycles. The van der Waals surface area contributed by atoms with Gasteiger partial charge < -0.3 is 16.0 Å². The van der Waals surface area contributed by atoms with Gasteiger partial charge in [-0.15, -0.1) is 0 Å². The molecular weight excluding hydrogens is 178 g/mol. The van der Waals surface area contributed by atoms with Crippen molar-refractivity contribution < 1.29 is 4.79 Å². The summed E-state index contributed by atoms with van der Waals surface area (Å²) in [6.45, 7) is 6.05. The monoisotopic (exact) mass is 201 g/mol. The van der Waals surface area contributed by atoms with Crippen molar-refractivity contribution >= 4 is 5.91 Å². The van der Waals surface area contributed by atoms with Crippen molar-refractivity contribution in [1.29, 1.82) is 0 Å². The Bertz CT molecular complexity index is 173. The SMILES string of the molecule is CCC(C)CN(C)CC(NC)C(N)=O. The molecule has 1 amide bonds. The molecule has 4 nitrogen and oxygen atoms in total. The lowest BCUT2D eigenvalue weighted by molar-refractivity contribution is -0.120. The van der Waals surface area contributed by atoms with Crippen LogP contribution in [0.5, 0.6) is 0 Å². The highest BCUT2D eigenvalue weighted by atomic mass is 16.1. The molecule has 0 radical (unpaired) electrons. The van der Waals surface area contributed by atoms with Crippen molar-refractivity contribution in [3.8, 4) is 0 Å². The number of nitrogens with zero attached hydrogens (tertiary/aromatic N) is 1. The molecule has 0 aliphatic rings. The molecule has 0 aromatic rings. The summed E-state index contributed by atoms with van der Waals surface area (Å²) in [7, 11) is 3.77. The van der Waals surface area contributed by atoms with Gasteiger partial charge in [0.25, 0.3) is 0 Å². The molecule has 0 heterocycles. The molecule has 0 saturated carbocycles. The third kappa shape index (κ3) is 5.19. The Morgan fingerprint density at radius 3 is 2.43 bits per heavy atom. The zero-order chi connectivity index (χ0) is 11.1. The van der Waals surface area contributed by atoms with Crippen LogP contribution in [0.15, 0.2) is 0 Å². The topological polar surface area (TPSA) is 58.4 Å². The molecule has 14 heavy (non-hydrogen) atoms. The van der Waals surface area contributed by atoms with Gasteiger partial charge >= 0.3 is 0 Å². The Morgan fingerprint density at radius 2 is 2.07 bits per heavy atom. The first-order chi connectivity index (χ1) is 6.51. The summed E-state index contributed by atoms with van der Waals surface area (Å²) >= 11 is 0. The van der Waals surface area contributed by atoms with Gasteiger partial charge in [0, 0.05) is 13.1 Å². The molecular formula is C10H23N3O. The van der Waals surface area contributed by atoms with Crippen LogP contribution in [0.3, 0.4) is 0 Å². The summed E-state index contributed by atoms with van der Waals surface area (Å²) in [5.41, 5.74) is 5.23. The number of carbonyl (C=O) groups is 1. The summed E-state index contributed by atoms with van der Waals surface area (Å²) in [6, 6.07) is -0.246. The fourth-order valence-electron chi connectivity index (χ4n) is 1.37. The van der Waals surface area contributed by atoms with Gasteiger partial charge in [-0.25, -0.2) is 0 Å². The van der Waals surface area contributed by atoms with E-state index in [-0.39, 0.29) is 11.9 Å². The average molecular weight is 201 g/mol. The number of nitrogens with one attached hydrogen (secondary N) is 1. The van der Waals surface area contributed by atoms with Gasteiger partial charge in [0.2, 0.25) is 5.91 Å². The van der Waals surface area contributed by atoms with Crippen LogP contribution in [0.2, 0.25) is 0 Å². The largest absolute Gasteiger partial charge is 0.368 e. The van der Waals surface area contributed by atoms with E-state index in [9.17, 15) is 4.79 Å². The fraction of sp³-hybridized carbons (Fsp3) is 0.900. The third-order valence-electron chi connectivity index (χ3n) is 2.51. The van der Waals surface area contributed by atoms with E-state index in [4.69, 9.17) is 5.73 Å². The van der Waals surface area contributed by atoms with E-state index in [1.807, 2.05) is 7.05 Å². The van der Waals surface area contributed by atoms with Gasteiger partial charge in [-0.3, -0.25) is 4.79 Å². The molecule has 2 atom stereocenters. The normalized spacial score (nSPS) is 15.5. The Hall–Kier alpha value is -0.610. The van der Waals surface area contributed by atoms with Crippen LogP contribution in [0.1, 0.15) is 20.3 Å². The highest BCUT2D eigenvalue weighted by Gasteiger charge is 2.15. The maximum Gasteiger partial charge on any atom is 0.235 e. The smallest absolute Gasteiger partial charge is 0.235 e. The minimum Gasteiger partial charge on any atom is -0.368 e. The first kappa shape index (κ1) is 13.4. The van der Waals surface area contributed by atoms with Gasteiger partial charge in [0.1, 0.15) is 0 Å². The quantitative estimate of drug-likeness (QED) is 0.611. The maximum atomic E-state index is 11.0. The van der Waals surface area contributed by atoms with E-state index in [0.29, 0.717) is 12.5 Å². The molecule has 2 unspecified atom stereocenters. The molecule has 4 heteroatoms. The van der Waals surface area contributed by atoms with Gasteiger partial charge in [-0.2, -0.15) is 0 Å². The number of hydrogen-bond acceptors (Lipinski definition) is 3. The Morgan fingerprint density at radius 1 is 1.50 bits per heavy atom. The summed E-state index contributed by atoms with van der Waals surface area (Å²) in [4.78, 5) is 13.1. The summed E-state index contributed by atoms with van der Waals surface area (Å²) in [6.07, 6.45) is 1.16. The van der Waals surface area contributed by atoms with Crippen LogP contribution in [-0.2, 0) is 4.79 Å². The second kappa shape index (κ2) is 6.79. The molecule has 0 spiro atoms. The molecule has 0 bridgehead atoms. The van der Waals surface area contributed by atoms with Gasteiger partial charge in [0.15, 0.2) is 0 Å². The number of hydrogen-bond donors (Lipinski definition) is 2. The van der Waals surface area contributed by atoms with Crippen molar-refractivity contribution in [2.45, 2.75) is 26.3 Å². The lowest BCUT2D eigenvalue weighted by Gasteiger charge is -2.24. The van der Waals surface area contributed by atoms with Crippen molar-refractivity contribution in [1.82, 2.24) is 10.2 Å². The van der Waals surface area contributed by atoms with Crippen LogP contribution >= 0.6 is 0 Å². The number of primary amides is 1. The summed E-state index contributed by atoms with van der Waals surface area (Å²) < 4.78 is 0. The number of nitrogens with two attached hydrogens (primary N) is 1. The molecule has 3 N–H and O–H groups in total. The van der Waals surface area contributed by atoms with Crippen molar-refractivity contribution in [3.05, 3.63) is 0 Å². The summed E-state index contributed by atoms with van der Waals surface area (Å²) in [5, 5.41) is 2.91. The second-order valence-electron chi connectivity index (χ2n) is 3.98. The first-order valence-electron chi connectivity index (χ1n) is 5.16. The predicted octanol–water partition coefficient (Wildman–Crippen LogP) is 0.0376. The van der Waals surface area contributed by atoms with Gasteiger partial charge in [0.05, 0.1) is 6.04 Å². The Labute approximate surface area is 86.8 Å². The highest BCUT2D eigenvalue weighted by molar-refractivity contribution is 5.80. The second-order valence-corrected chi connectivity index (χ2v) is 3.98. The zero-order valence-electron chi connectivity index (χ0n) is 9.71. The van der Waals surface area contributed by atoms with Crippen LogP contribution in [-0.4, -0.2) is 44.0 Å². The van der Waals surface area contributed by atoms with E-state index >= 15 is 0 Å². The summed E-state index contributed by atoms with van der Waals surface area (Å²) in [5.74, 6) is 0.369. The fourth-order valence-corrected chi connectivity index (χ4v) is 1.37.